The molecule has 0 aliphatic heterocycles. The second-order valence-corrected chi connectivity index (χ2v) is 5.20. The van der Waals surface area contributed by atoms with Crippen molar-refractivity contribution >= 4 is 5.69 Å². The molecule has 0 saturated heterocycles. The Balaban J connectivity index is 2.15. The molecule has 0 spiro atoms. The van der Waals surface area contributed by atoms with Crippen LogP contribution in [0.25, 0.3) is 0 Å². The third kappa shape index (κ3) is 6.03. The predicted octanol–water partition coefficient (Wildman–Crippen LogP) is 2.29. The van der Waals surface area contributed by atoms with E-state index in [0.29, 0.717) is 0 Å². The Morgan fingerprint density at radius 2 is 1.72 bits per heavy atom. The number of aryl methyl sites for hydroxylation is 1. The quantitative estimate of drug-likeness (QED) is 0.762. The summed E-state index contributed by atoms with van der Waals surface area (Å²) in [5.74, 6) is 0. The number of hydrogen-bond acceptors (Lipinski definition) is 3. The van der Waals surface area contributed by atoms with Crippen molar-refractivity contribution in [3.8, 4) is 0 Å². The Morgan fingerprint density at radius 3 is 2.39 bits per heavy atom. The summed E-state index contributed by atoms with van der Waals surface area (Å²) in [4.78, 5) is 4.62. The number of hydrogen-bond donors (Lipinski definition) is 1. The zero-order chi connectivity index (χ0) is 13.4. The van der Waals surface area contributed by atoms with Crippen LogP contribution in [0.2, 0.25) is 0 Å². The van der Waals surface area contributed by atoms with E-state index in [4.69, 9.17) is 0 Å². The molecule has 0 heterocycles. The van der Waals surface area contributed by atoms with E-state index in [1.54, 1.807) is 0 Å². The number of nitrogens with zero attached hydrogens (tertiary/aromatic N) is 2. The van der Waals surface area contributed by atoms with Gasteiger partial charge in [-0.2, -0.15) is 0 Å². The van der Waals surface area contributed by atoms with Gasteiger partial charge < -0.3 is 15.1 Å². The van der Waals surface area contributed by atoms with Crippen molar-refractivity contribution in [3.63, 3.8) is 0 Å². The fourth-order valence-corrected chi connectivity index (χ4v) is 1.92. The van der Waals surface area contributed by atoms with Crippen molar-refractivity contribution in [3.05, 3.63) is 29.8 Å². The highest BCUT2D eigenvalue weighted by Crippen LogP contribution is 2.12. The molecule has 0 aromatic heterocycles. The lowest BCUT2D eigenvalue weighted by molar-refractivity contribution is 0.308. The maximum atomic E-state index is 3.49. The Labute approximate surface area is 112 Å². The topological polar surface area (TPSA) is 18.5 Å². The number of rotatable bonds is 8. The third-order valence-electron chi connectivity index (χ3n) is 3.10. The van der Waals surface area contributed by atoms with E-state index < -0.39 is 0 Å². The molecule has 0 fully saturated rings. The Kier molecular flexibility index (Phi) is 6.76. The molecule has 0 saturated carbocycles. The van der Waals surface area contributed by atoms with Crippen molar-refractivity contribution in [2.24, 2.45) is 0 Å². The largest absolute Gasteiger partial charge is 0.384 e. The first-order chi connectivity index (χ1) is 8.59. The first kappa shape index (κ1) is 15.0. The summed E-state index contributed by atoms with van der Waals surface area (Å²) in [6.45, 7) is 6.55. The SMILES string of the molecule is Cc1ccccc1NCCN(C)CCCN(C)C. The Bertz CT molecular complexity index is 336. The Morgan fingerprint density at radius 1 is 1.00 bits per heavy atom. The molecule has 1 aromatic rings. The van der Waals surface area contributed by atoms with Crippen LogP contribution in [-0.2, 0) is 0 Å². The van der Waals surface area contributed by atoms with Crippen LogP contribution in [0.4, 0.5) is 5.69 Å². The number of likely N-dealkylation sites (N-methyl/N-ethyl adjacent to an activating group) is 1. The van der Waals surface area contributed by atoms with E-state index in [9.17, 15) is 0 Å². The van der Waals surface area contributed by atoms with Crippen LogP contribution < -0.4 is 5.32 Å². The molecule has 1 rings (SSSR count). The maximum Gasteiger partial charge on any atom is 0.0370 e. The van der Waals surface area contributed by atoms with Gasteiger partial charge in [0.1, 0.15) is 0 Å². The van der Waals surface area contributed by atoms with Gasteiger partial charge in [-0.15, -0.1) is 0 Å². The van der Waals surface area contributed by atoms with Crippen LogP contribution in [0, 0.1) is 6.92 Å². The van der Waals surface area contributed by atoms with Gasteiger partial charge in [-0.25, -0.2) is 0 Å². The van der Waals surface area contributed by atoms with Crippen LogP contribution in [0.15, 0.2) is 24.3 Å². The van der Waals surface area contributed by atoms with Gasteiger partial charge in [-0.05, 0) is 59.2 Å². The molecule has 1 aromatic carbocycles. The first-order valence-electron chi connectivity index (χ1n) is 6.72. The van der Waals surface area contributed by atoms with E-state index in [-0.39, 0.29) is 0 Å². The molecular formula is C15H27N3. The molecular weight excluding hydrogens is 222 g/mol. The van der Waals surface area contributed by atoms with Crippen molar-refractivity contribution in [1.29, 1.82) is 0 Å². The lowest BCUT2D eigenvalue weighted by Crippen LogP contribution is -2.28. The number of para-hydroxylation sites is 1. The highest BCUT2D eigenvalue weighted by molar-refractivity contribution is 5.50. The highest BCUT2D eigenvalue weighted by atomic mass is 15.1. The van der Waals surface area contributed by atoms with Gasteiger partial charge in [0, 0.05) is 18.8 Å². The Hall–Kier alpha value is -1.06. The molecule has 1 N–H and O–H groups in total. The summed E-state index contributed by atoms with van der Waals surface area (Å²) < 4.78 is 0. The average Bonchev–Trinajstić information content (AvgIpc) is 2.31. The van der Waals surface area contributed by atoms with Crippen molar-refractivity contribution in [1.82, 2.24) is 9.80 Å². The molecule has 0 amide bonds. The highest BCUT2D eigenvalue weighted by Gasteiger charge is 2.00. The summed E-state index contributed by atoms with van der Waals surface area (Å²) in [7, 11) is 6.44. The fourth-order valence-electron chi connectivity index (χ4n) is 1.92. The average molecular weight is 249 g/mol. The molecule has 102 valence electrons. The van der Waals surface area contributed by atoms with E-state index in [0.717, 1.165) is 26.2 Å². The number of benzene rings is 1. The zero-order valence-electron chi connectivity index (χ0n) is 12.2. The van der Waals surface area contributed by atoms with Crippen molar-refractivity contribution < 1.29 is 0 Å². The number of anilines is 1. The molecule has 3 nitrogen and oxygen atoms in total. The standard InChI is InChI=1S/C15H27N3/c1-14-8-5-6-9-15(14)16-10-13-18(4)12-7-11-17(2)3/h5-6,8-9,16H,7,10-13H2,1-4H3. The molecule has 0 atom stereocenters. The fraction of sp³-hybridized carbons (Fsp3) is 0.600. The van der Waals surface area contributed by atoms with Crippen LogP contribution in [-0.4, -0.2) is 57.1 Å². The van der Waals surface area contributed by atoms with E-state index in [2.05, 4.69) is 67.4 Å². The van der Waals surface area contributed by atoms with Gasteiger partial charge in [-0.1, -0.05) is 18.2 Å². The van der Waals surface area contributed by atoms with Crippen molar-refractivity contribution in [2.75, 3.05) is 52.6 Å². The molecule has 0 unspecified atom stereocenters. The van der Waals surface area contributed by atoms with E-state index in [1.807, 2.05) is 0 Å². The molecule has 0 radical (unpaired) electrons. The summed E-state index contributed by atoms with van der Waals surface area (Å²) in [5.41, 5.74) is 2.56. The number of nitrogens with one attached hydrogen (secondary N) is 1. The maximum absolute atomic E-state index is 3.49. The van der Waals surface area contributed by atoms with Crippen LogP contribution in [0.5, 0.6) is 0 Å². The summed E-state index contributed by atoms with van der Waals surface area (Å²) in [6, 6.07) is 8.44. The van der Waals surface area contributed by atoms with Gasteiger partial charge in [0.2, 0.25) is 0 Å². The molecule has 0 aliphatic rings. The van der Waals surface area contributed by atoms with Gasteiger partial charge in [0.05, 0.1) is 0 Å². The van der Waals surface area contributed by atoms with Crippen LogP contribution in [0.1, 0.15) is 12.0 Å². The van der Waals surface area contributed by atoms with Gasteiger partial charge >= 0.3 is 0 Å². The van der Waals surface area contributed by atoms with Gasteiger partial charge in [0.15, 0.2) is 0 Å². The lowest BCUT2D eigenvalue weighted by Gasteiger charge is -2.19. The second-order valence-electron chi connectivity index (χ2n) is 5.20. The molecule has 0 aliphatic carbocycles. The minimum absolute atomic E-state index is 1.00. The summed E-state index contributed by atoms with van der Waals surface area (Å²) >= 11 is 0. The predicted molar refractivity (Wildman–Crippen MR) is 80.3 cm³/mol. The van der Waals surface area contributed by atoms with Gasteiger partial charge in [0.25, 0.3) is 0 Å². The minimum atomic E-state index is 1.00. The lowest BCUT2D eigenvalue weighted by atomic mass is 10.2. The monoisotopic (exact) mass is 249 g/mol. The molecule has 3 heteroatoms. The molecule has 0 bridgehead atoms. The third-order valence-corrected chi connectivity index (χ3v) is 3.10. The molecule has 18 heavy (non-hydrogen) atoms. The smallest absolute Gasteiger partial charge is 0.0370 e. The normalized spacial score (nSPS) is 11.2. The first-order valence-corrected chi connectivity index (χ1v) is 6.72. The minimum Gasteiger partial charge on any atom is -0.384 e. The van der Waals surface area contributed by atoms with Crippen LogP contribution in [0.3, 0.4) is 0 Å². The zero-order valence-corrected chi connectivity index (χ0v) is 12.2. The summed E-state index contributed by atoms with van der Waals surface area (Å²) in [6.07, 6.45) is 1.23. The van der Waals surface area contributed by atoms with Gasteiger partial charge in [-0.3, -0.25) is 0 Å². The second kappa shape index (κ2) is 8.11. The van der Waals surface area contributed by atoms with Crippen LogP contribution >= 0.6 is 0 Å². The van der Waals surface area contributed by atoms with E-state index >= 15 is 0 Å². The summed E-state index contributed by atoms with van der Waals surface area (Å²) in [5, 5.41) is 3.49. The van der Waals surface area contributed by atoms with Crippen molar-refractivity contribution in [2.45, 2.75) is 13.3 Å². The van der Waals surface area contributed by atoms with E-state index in [1.165, 1.54) is 17.7 Å².